The fraction of sp³-hybridized carbons (Fsp3) is 0.185. The van der Waals surface area contributed by atoms with Gasteiger partial charge < -0.3 is 5.11 Å². The highest BCUT2D eigenvalue weighted by Gasteiger charge is 2.11. The van der Waals surface area contributed by atoms with Crippen molar-refractivity contribution in [2.24, 2.45) is 5.92 Å². The summed E-state index contributed by atoms with van der Waals surface area (Å²) < 4.78 is 0. The minimum absolute atomic E-state index is 0.0739. The number of nitrogens with zero attached hydrogens (tertiary/aromatic N) is 1. The Kier molecular flexibility index (Phi) is 7.26. The van der Waals surface area contributed by atoms with Gasteiger partial charge in [-0.2, -0.15) is 0 Å². The monoisotopic (exact) mass is 379 g/mol. The number of aliphatic hydroxyl groups excluding tert-OH is 1. The molecule has 1 N–H and O–H groups in total. The van der Waals surface area contributed by atoms with E-state index in [1.54, 1.807) is 0 Å². The predicted octanol–water partition coefficient (Wildman–Crippen LogP) is 4.31. The highest BCUT2D eigenvalue weighted by atomic mass is 16.3. The van der Waals surface area contributed by atoms with E-state index in [4.69, 9.17) is 12.8 Å². The van der Waals surface area contributed by atoms with Gasteiger partial charge in [0.15, 0.2) is 0 Å². The summed E-state index contributed by atoms with van der Waals surface area (Å²) in [5.41, 5.74) is 5.41. The van der Waals surface area contributed by atoms with E-state index in [-0.39, 0.29) is 12.5 Å². The van der Waals surface area contributed by atoms with Gasteiger partial charge in [0.05, 0.1) is 6.61 Å². The fourth-order valence-corrected chi connectivity index (χ4v) is 3.27. The molecule has 0 heterocycles. The second kappa shape index (κ2) is 10.3. The molecule has 1 aliphatic carbocycles. The molecule has 0 aromatic heterocycles. The first-order valence-corrected chi connectivity index (χ1v) is 9.70. The van der Waals surface area contributed by atoms with Crippen molar-refractivity contribution in [3.8, 4) is 24.7 Å². The minimum atomic E-state index is 0.0739. The van der Waals surface area contributed by atoms with Crippen molar-refractivity contribution in [1.29, 1.82) is 0 Å². The first-order valence-electron chi connectivity index (χ1n) is 9.70. The number of hydrogen-bond acceptors (Lipinski definition) is 2. The molecule has 2 nitrogen and oxygen atoms in total. The third-order valence-electron chi connectivity index (χ3n) is 4.90. The van der Waals surface area contributed by atoms with Gasteiger partial charge in [0, 0.05) is 36.7 Å². The van der Waals surface area contributed by atoms with Gasteiger partial charge in [0.25, 0.3) is 0 Å². The number of aliphatic hydroxyl groups is 1. The molecule has 1 aliphatic rings. The van der Waals surface area contributed by atoms with Gasteiger partial charge in [-0.1, -0.05) is 66.5 Å². The molecule has 2 heteroatoms. The molecule has 0 aliphatic heterocycles. The Morgan fingerprint density at radius 2 is 1.34 bits per heavy atom. The van der Waals surface area contributed by atoms with E-state index < -0.39 is 0 Å². The molecule has 1 atom stereocenters. The molecule has 1 unspecified atom stereocenters. The Morgan fingerprint density at radius 1 is 0.793 bits per heavy atom. The van der Waals surface area contributed by atoms with Crippen LogP contribution in [-0.2, 0) is 13.1 Å². The average Bonchev–Trinajstić information content (AvgIpc) is 3.00. The highest BCUT2D eigenvalue weighted by molar-refractivity contribution is 5.36. The molecule has 2 aromatic carbocycles. The lowest BCUT2D eigenvalue weighted by molar-refractivity contribution is 0.273. The first-order chi connectivity index (χ1) is 14.2. The smallest absolute Gasteiger partial charge is 0.0528 e. The predicted molar refractivity (Wildman–Crippen MR) is 120 cm³/mol. The van der Waals surface area contributed by atoms with Crippen LogP contribution in [0.5, 0.6) is 0 Å². The summed E-state index contributed by atoms with van der Waals surface area (Å²) in [4.78, 5) is 2.39. The molecule has 3 rings (SSSR count). The zero-order valence-corrected chi connectivity index (χ0v) is 16.5. The van der Waals surface area contributed by atoms with Crippen molar-refractivity contribution in [3.05, 3.63) is 107 Å². The maximum Gasteiger partial charge on any atom is 0.0528 e. The molecular formula is C27H25NO. The summed E-state index contributed by atoms with van der Waals surface area (Å²) in [7, 11) is 0. The normalized spacial score (nSPS) is 15.4. The molecule has 0 saturated heterocycles. The molecule has 2 aromatic rings. The van der Waals surface area contributed by atoms with Crippen LogP contribution in [0.15, 0.2) is 84.5 Å². The summed E-state index contributed by atoms with van der Waals surface area (Å²) in [6.07, 6.45) is 21.3. The maximum absolute atomic E-state index is 9.40. The zero-order valence-electron chi connectivity index (χ0n) is 16.5. The SMILES string of the molecule is C#Cc1ccc(CN(CC2=CC=CC(CO)C=C2)Cc2ccc(C#C)cc2)cc1. The fourth-order valence-electron chi connectivity index (χ4n) is 3.27. The van der Waals surface area contributed by atoms with E-state index in [9.17, 15) is 5.11 Å². The van der Waals surface area contributed by atoms with Gasteiger partial charge in [-0.05, 0) is 41.0 Å². The molecule has 0 saturated carbocycles. The van der Waals surface area contributed by atoms with E-state index in [1.165, 1.54) is 16.7 Å². The van der Waals surface area contributed by atoms with Gasteiger partial charge in [-0.3, -0.25) is 4.90 Å². The lowest BCUT2D eigenvalue weighted by atomic mass is 10.1. The van der Waals surface area contributed by atoms with Crippen LogP contribution in [-0.4, -0.2) is 23.2 Å². The van der Waals surface area contributed by atoms with Crippen molar-refractivity contribution >= 4 is 0 Å². The molecular weight excluding hydrogens is 354 g/mol. The van der Waals surface area contributed by atoms with Crippen LogP contribution in [0.4, 0.5) is 0 Å². The Bertz CT molecular complexity index is 919. The van der Waals surface area contributed by atoms with Crippen LogP contribution in [0.25, 0.3) is 0 Å². The van der Waals surface area contributed by atoms with E-state index in [2.05, 4.69) is 59.2 Å². The molecule has 0 spiro atoms. The standard InChI is InChI=1S/C27H25NO/c1-3-22-8-12-25(13-9-22)19-28(20-26-14-10-23(4-2)11-15-26)18-24-6-5-7-27(21-29)17-16-24/h1-2,5-17,27,29H,18-21H2. The maximum atomic E-state index is 9.40. The molecule has 29 heavy (non-hydrogen) atoms. The van der Waals surface area contributed by atoms with Crippen molar-refractivity contribution < 1.29 is 5.11 Å². The van der Waals surface area contributed by atoms with Crippen LogP contribution in [0.3, 0.4) is 0 Å². The largest absolute Gasteiger partial charge is 0.395 e. The Morgan fingerprint density at radius 3 is 1.83 bits per heavy atom. The average molecular weight is 380 g/mol. The zero-order chi connectivity index (χ0) is 20.5. The lowest BCUT2D eigenvalue weighted by Crippen LogP contribution is -2.25. The van der Waals surface area contributed by atoms with Gasteiger partial charge in [0.2, 0.25) is 0 Å². The minimum Gasteiger partial charge on any atom is -0.395 e. The summed E-state index contributed by atoms with van der Waals surface area (Å²) in [5, 5.41) is 9.40. The molecule has 0 fully saturated rings. The highest BCUT2D eigenvalue weighted by Crippen LogP contribution is 2.17. The van der Waals surface area contributed by atoms with Crippen molar-refractivity contribution in [2.75, 3.05) is 13.2 Å². The second-order valence-electron chi connectivity index (χ2n) is 7.16. The second-order valence-corrected chi connectivity index (χ2v) is 7.16. The quantitative estimate of drug-likeness (QED) is 0.725. The third kappa shape index (κ3) is 6.09. The van der Waals surface area contributed by atoms with E-state index in [0.29, 0.717) is 0 Å². The van der Waals surface area contributed by atoms with E-state index in [0.717, 1.165) is 30.8 Å². The molecule has 0 amide bonds. The van der Waals surface area contributed by atoms with Crippen molar-refractivity contribution in [2.45, 2.75) is 13.1 Å². The number of rotatable bonds is 7. The Labute approximate surface area is 173 Å². The number of benzene rings is 2. The number of hydrogen-bond donors (Lipinski definition) is 1. The number of allylic oxidation sites excluding steroid dienone is 2. The topological polar surface area (TPSA) is 23.5 Å². The van der Waals surface area contributed by atoms with Crippen molar-refractivity contribution in [3.63, 3.8) is 0 Å². The summed E-state index contributed by atoms with van der Waals surface area (Å²) in [6, 6.07) is 16.3. The van der Waals surface area contributed by atoms with Crippen LogP contribution in [0.2, 0.25) is 0 Å². The molecule has 0 bridgehead atoms. The lowest BCUT2D eigenvalue weighted by Gasteiger charge is -2.23. The molecule has 144 valence electrons. The van der Waals surface area contributed by atoms with Crippen molar-refractivity contribution in [1.82, 2.24) is 4.90 Å². The van der Waals surface area contributed by atoms with Gasteiger partial charge >= 0.3 is 0 Å². The third-order valence-corrected chi connectivity index (χ3v) is 4.90. The van der Waals surface area contributed by atoms with Gasteiger partial charge in [-0.25, -0.2) is 0 Å². The van der Waals surface area contributed by atoms with Crippen LogP contribution >= 0.6 is 0 Å². The Balaban J connectivity index is 1.78. The van der Waals surface area contributed by atoms with E-state index in [1.807, 2.05) is 36.4 Å². The molecule has 0 radical (unpaired) electrons. The van der Waals surface area contributed by atoms with Crippen LogP contribution in [0, 0.1) is 30.6 Å². The first kappa shape index (κ1) is 20.4. The van der Waals surface area contributed by atoms with E-state index >= 15 is 0 Å². The number of terminal acetylenes is 2. The van der Waals surface area contributed by atoms with Gasteiger partial charge in [0.1, 0.15) is 0 Å². The summed E-state index contributed by atoms with van der Waals surface area (Å²) >= 11 is 0. The van der Waals surface area contributed by atoms with Crippen LogP contribution < -0.4 is 0 Å². The summed E-state index contributed by atoms with van der Waals surface area (Å²) in [5.74, 6) is 5.40. The summed E-state index contributed by atoms with van der Waals surface area (Å²) in [6.45, 7) is 2.54. The Hall–Kier alpha value is -3.30. The van der Waals surface area contributed by atoms with Crippen LogP contribution in [0.1, 0.15) is 22.3 Å². The van der Waals surface area contributed by atoms with Gasteiger partial charge in [-0.15, -0.1) is 12.8 Å².